The van der Waals surface area contributed by atoms with E-state index in [-0.39, 0.29) is 34.3 Å². The largest absolute Gasteiger partial charge is 0.573 e. The number of carbonyl (C=O) groups is 4. The van der Waals surface area contributed by atoms with Gasteiger partial charge in [-0.1, -0.05) is 0 Å². The first-order chi connectivity index (χ1) is 30.4. The minimum absolute atomic E-state index is 0.0158. The van der Waals surface area contributed by atoms with Gasteiger partial charge in [-0.3, -0.25) is 29.1 Å². The minimum atomic E-state index is -4.89. The second-order valence-corrected chi connectivity index (χ2v) is 12.4. The van der Waals surface area contributed by atoms with E-state index in [1.807, 2.05) is 0 Å². The van der Waals surface area contributed by atoms with Gasteiger partial charge in [0.2, 0.25) is 0 Å². The molecular weight excluding hydrogens is 918 g/mol. The summed E-state index contributed by atoms with van der Waals surface area (Å²) in [4.78, 5) is 52.8. The number of nitrogen functional groups attached to an aromatic ring is 1. The number of alkyl halides is 6. The third kappa shape index (κ3) is 15.0. The summed E-state index contributed by atoms with van der Waals surface area (Å²) in [7, 11) is 0. The van der Waals surface area contributed by atoms with Crippen molar-refractivity contribution in [2.45, 2.75) is 12.7 Å². The maximum atomic E-state index is 14.4. The fraction of sp³-hybridized carbons (Fsp3) is 0.0500. The van der Waals surface area contributed by atoms with Crippen molar-refractivity contribution < 1.29 is 82.0 Å². The first kappa shape index (κ1) is 49.5. The number of nitrogens with one attached hydrogen (secondary N) is 1. The predicted octanol–water partition coefficient (Wildman–Crippen LogP) is 9.20. The average Bonchev–Trinajstić information content (AvgIpc) is 3.21. The lowest BCUT2D eigenvalue weighted by atomic mass is 10.1. The first-order valence-electron chi connectivity index (χ1n) is 17.2. The van der Waals surface area contributed by atoms with Crippen LogP contribution >= 0.6 is 11.6 Å². The second-order valence-electron chi connectivity index (χ2n) is 12.1. The smallest absolute Gasteiger partial charge is 0.456 e. The van der Waals surface area contributed by atoms with Crippen LogP contribution in [0.4, 0.5) is 55.3 Å². The minimum Gasteiger partial charge on any atom is -0.456 e. The Morgan fingerprint density at radius 2 is 0.954 bits per heavy atom. The highest BCUT2D eigenvalue weighted by Crippen LogP contribution is 2.33. The Morgan fingerprint density at radius 3 is 1.35 bits per heavy atom. The topological polar surface area (TPSA) is 221 Å². The van der Waals surface area contributed by atoms with Crippen LogP contribution < -0.4 is 41.5 Å². The summed E-state index contributed by atoms with van der Waals surface area (Å²) in [6, 6.07) is 16.9. The quantitative estimate of drug-likeness (QED) is 0.0708. The molecule has 0 fully saturated rings. The van der Waals surface area contributed by atoms with Gasteiger partial charge in [-0.25, -0.2) is 17.6 Å². The Morgan fingerprint density at radius 1 is 0.554 bits per heavy atom. The number of halogens is 11. The van der Waals surface area contributed by atoms with Crippen LogP contribution in [0.15, 0.2) is 109 Å². The molecule has 0 atom stereocenters. The molecule has 0 aliphatic heterocycles. The van der Waals surface area contributed by atoms with Gasteiger partial charge in [-0.15, -0.1) is 26.3 Å². The van der Waals surface area contributed by atoms with E-state index in [1.165, 1.54) is 24.5 Å². The molecule has 0 saturated heterocycles. The molecule has 2 heterocycles. The van der Waals surface area contributed by atoms with Crippen molar-refractivity contribution in [2.75, 3.05) is 11.1 Å². The molecule has 340 valence electrons. The molecule has 25 heteroatoms. The van der Waals surface area contributed by atoms with Crippen molar-refractivity contribution >= 4 is 45.9 Å². The van der Waals surface area contributed by atoms with Crippen LogP contribution in [0.1, 0.15) is 41.7 Å². The van der Waals surface area contributed by atoms with Crippen molar-refractivity contribution in [3.05, 3.63) is 155 Å². The SMILES string of the molecule is NC(=O)c1cc(N)ccn1.NC(=O)c1cc(NC(=O)c2c(Oc3ccc(OC(F)(F)F)cc3)ccc(F)c2F)ccn1.O=C(Cl)c1c(Oc2ccc(OC(F)(F)F)cc2)ccc(F)c1F. The van der Waals surface area contributed by atoms with Crippen LogP contribution in [0.5, 0.6) is 34.5 Å². The zero-order chi connectivity index (χ0) is 48.2. The van der Waals surface area contributed by atoms with Crippen LogP contribution in [-0.2, 0) is 0 Å². The van der Waals surface area contributed by atoms with Crippen molar-refractivity contribution in [3.63, 3.8) is 0 Å². The molecule has 0 unspecified atom stereocenters. The summed E-state index contributed by atoms with van der Waals surface area (Å²) < 4.78 is 146. The molecule has 0 aliphatic rings. The van der Waals surface area contributed by atoms with E-state index >= 15 is 0 Å². The van der Waals surface area contributed by atoms with Crippen molar-refractivity contribution in [3.8, 4) is 34.5 Å². The molecule has 7 N–H and O–H groups in total. The van der Waals surface area contributed by atoms with Crippen molar-refractivity contribution in [2.24, 2.45) is 11.5 Å². The van der Waals surface area contributed by atoms with E-state index in [1.54, 1.807) is 6.07 Å². The molecule has 6 aromatic rings. The van der Waals surface area contributed by atoms with Gasteiger partial charge >= 0.3 is 12.7 Å². The van der Waals surface area contributed by atoms with Gasteiger partial charge in [-0.05, 0) is 109 Å². The zero-order valence-electron chi connectivity index (χ0n) is 31.9. The Kier molecular flexibility index (Phi) is 16.2. The highest BCUT2D eigenvalue weighted by atomic mass is 35.5. The van der Waals surface area contributed by atoms with E-state index in [0.29, 0.717) is 11.8 Å². The number of pyridine rings is 2. The third-order valence-corrected chi connectivity index (χ3v) is 7.60. The number of ether oxygens (including phenoxy) is 4. The number of hydrogen-bond donors (Lipinski definition) is 4. The number of benzene rings is 4. The molecule has 6 rings (SSSR count). The van der Waals surface area contributed by atoms with Gasteiger partial charge in [0.15, 0.2) is 23.3 Å². The zero-order valence-corrected chi connectivity index (χ0v) is 32.7. The average molecular weight is 943 g/mol. The Balaban J connectivity index is 0.000000243. The van der Waals surface area contributed by atoms with Gasteiger partial charge in [0.1, 0.15) is 57.0 Å². The Bertz CT molecular complexity index is 2690. The highest BCUT2D eigenvalue weighted by Gasteiger charge is 2.32. The summed E-state index contributed by atoms with van der Waals surface area (Å²) in [5.41, 5.74) is 14.3. The Labute approximate surface area is 362 Å². The summed E-state index contributed by atoms with van der Waals surface area (Å²) in [5, 5.41) is 0.981. The number of carbonyl (C=O) groups excluding carboxylic acids is 4. The molecule has 65 heavy (non-hydrogen) atoms. The van der Waals surface area contributed by atoms with Gasteiger partial charge in [0.05, 0.1) is 0 Å². The number of anilines is 2. The lowest BCUT2D eigenvalue weighted by Crippen LogP contribution is -2.18. The van der Waals surface area contributed by atoms with Crippen LogP contribution in [-0.4, -0.2) is 45.7 Å². The number of primary amides is 2. The van der Waals surface area contributed by atoms with E-state index in [2.05, 4.69) is 24.8 Å². The third-order valence-electron chi connectivity index (χ3n) is 7.41. The lowest BCUT2D eigenvalue weighted by Gasteiger charge is -2.14. The van der Waals surface area contributed by atoms with Crippen LogP contribution in [0, 0.1) is 23.3 Å². The summed E-state index contributed by atoms with van der Waals surface area (Å²) in [5.74, 6) is -10.2. The molecule has 0 radical (unpaired) electrons. The summed E-state index contributed by atoms with van der Waals surface area (Å²) in [6.07, 6.45) is -7.13. The fourth-order valence-corrected chi connectivity index (χ4v) is 4.90. The van der Waals surface area contributed by atoms with Gasteiger partial charge in [0.25, 0.3) is 23.0 Å². The number of amides is 3. The predicted molar refractivity (Wildman–Crippen MR) is 207 cm³/mol. The first-order valence-corrected chi connectivity index (χ1v) is 17.6. The number of nitrogens with zero attached hydrogens (tertiary/aromatic N) is 2. The molecule has 0 aliphatic carbocycles. The Hall–Kier alpha value is -8.15. The number of rotatable bonds is 11. The van der Waals surface area contributed by atoms with Gasteiger partial charge in [0, 0.05) is 23.8 Å². The van der Waals surface area contributed by atoms with E-state index in [4.69, 9.17) is 38.3 Å². The molecule has 0 spiro atoms. The van der Waals surface area contributed by atoms with E-state index in [0.717, 1.165) is 72.8 Å². The molecule has 0 bridgehead atoms. The number of aromatic nitrogens is 2. The number of hydrogen-bond acceptors (Lipinski definition) is 11. The standard InChI is InChI=1S/C20H12F5N3O4.C14H6ClF5O3.C6H7N3O/c21-13-5-6-15(31-11-1-3-12(4-2-11)32-20(23,24)25)16(17(13)22)19(30)28-10-7-8-27-14(9-10)18(26)29;15-13(21)11-10(6-5-9(16)12(11)17)22-7-1-3-8(4-2-7)23-14(18,19)20;7-4-1-2-9-5(3-4)6(8)10/h1-9H,(H2,26,29)(H,27,28,30);1-6H;1-3H,(H2,7,9)(H2,8,10). The lowest BCUT2D eigenvalue weighted by molar-refractivity contribution is -0.275. The molecule has 14 nitrogen and oxygen atoms in total. The summed E-state index contributed by atoms with van der Waals surface area (Å²) >= 11 is 5.18. The molecule has 4 aromatic carbocycles. The monoisotopic (exact) mass is 942 g/mol. The fourth-order valence-electron chi connectivity index (χ4n) is 4.72. The van der Waals surface area contributed by atoms with Crippen molar-refractivity contribution in [1.82, 2.24) is 9.97 Å². The molecular formula is C40H25ClF10N6O8. The highest BCUT2D eigenvalue weighted by molar-refractivity contribution is 6.68. The maximum Gasteiger partial charge on any atom is 0.573 e. The second kappa shape index (κ2) is 21.3. The normalized spacial score (nSPS) is 10.8. The van der Waals surface area contributed by atoms with Crippen molar-refractivity contribution in [1.29, 1.82) is 0 Å². The van der Waals surface area contributed by atoms with Gasteiger partial charge in [-0.2, -0.15) is 0 Å². The molecule has 2 aromatic heterocycles. The maximum absolute atomic E-state index is 14.4. The summed E-state index contributed by atoms with van der Waals surface area (Å²) in [6.45, 7) is 0. The van der Waals surface area contributed by atoms with Crippen LogP contribution in [0.2, 0.25) is 0 Å². The van der Waals surface area contributed by atoms with E-state index in [9.17, 15) is 63.1 Å². The molecule has 0 saturated carbocycles. The molecule has 3 amide bonds. The van der Waals surface area contributed by atoms with Gasteiger partial charge < -0.3 is 41.5 Å². The van der Waals surface area contributed by atoms with Crippen LogP contribution in [0.3, 0.4) is 0 Å². The number of nitrogens with two attached hydrogens (primary N) is 3. The van der Waals surface area contributed by atoms with E-state index < -0.39 is 87.3 Å². The van der Waals surface area contributed by atoms with Crippen LogP contribution in [0.25, 0.3) is 0 Å².